The normalized spacial score (nSPS) is 11.8. The van der Waals surface area contributed by atoms with Crippen LogP contribution >= 0.6 is 0 Å². The Morgan fingerprint density at radius 3 is 2.29 bits per heavy atom. The predicted molar refractivity (Wildman–Crippen MR) is 136 cm³/mol. The second-order valence-electron chi connectivity index (χ2n) is 8.88. The topological polar surface area (TPSA) is 85.3 Å². The Balaban J connectivity index is 1.83. The van der Waals surface area contributed by atoms with Crippen LogP contribution in [0.1, 0.15) is 44.7 Å². The van der Waals surface area contributed by atoms with Gasteiger partial charge in [-0.05, 0) is 55.4 Å². The minimum Gasteiger partial charge on any atom is -0.492 e. The molecular formula is C28H39NO6. The second kappa shape index (κ2) is 15.8. The summed E-state index contributed by atoms with van der Waals surface area (Å²) in [4.78, 5) is 25.6. The maximum atomic E-state index is 12.6. The standard InChI is InChI=1S/C28H39NO6/c1-4-33-26(27(30)31)20-24-13-15-25(16-14-24)34-19-18-29(28(32)35-21-22(2)3)17-9-8-12-23-10-6-5-7-11-23/h5-7,10-11,13-16,22,26H,4,8-9,12,17-21H2,1-3H3,(H,30,31). The highest BCUT2D eigenvalue weighted by Crippen LogP contribution is 2.15. The molecule has 2 aromatic carbocycles. The van der Waals surface area contributed by atoms with Crippen LogP contribution in [-0.2, 0) is 27.1 Å². The number of aryl methyl sites for hydroxylation is 1. The van der Waals surface area contributed by atoms with Gasteiger partial charge in [0.25, 0.3) is 0 Å². The van der Waals surface area contributed by atoms with E-state index < -0.39 is 12.1 Å². The molecule has 7 heteroatoms. The highest BCUT2D eigenvalue weighted by molar-refractivity contribution is 5.72. The molecule has 192 valence electrons. The molecule has 1 unspecified atom stereocenters. The zero-order chi connectivity index (χ0) is 25.5. The van der Waals surface area contributed by atoms with Crippen molar-refractivity contribution >= 4 is 12.1 Å². The van der Waals surface area contributed by atoms with Gasteiger partial charge in [0.1, 0.15) is 12.4 Å². The molecule has 7 nitrogen and oxygen atoms in total. The Hall–Kier alpha value is -3.06. The van der Waals surface area contributed by atoms with Gasteiger partial charge >= 0.3 is 12.1 Å². The summed E-state index contributed by atoms with van der Waals surface area (Å²) in [7, 11) is 0. The number of amides is 1. The van der Waals surface area contributed by atoms with Crippen LogP contribution in [0.2, 0.25) is 0 Å². The van der Waals surface area contributed by atoms with Gasteiger partial charge in [-0.25, -0.2) is 9.59 Å². The van der Waals surface area contributed by atoms with Crippen molar-refractivity contribution in [1.82, 2.24) is 4.90 Å². The van der Waals surface area contributed by atoms with Gasteiger partial charge in [-0.3, -0.25) is 0 Å². The van der Waals surface area contributed by atoms with Crippen molar-refractivity contribution in [3.8, 4) is 5.75 Å². The fourth-order valence-electron chi connectivity index (χ4n) is 3.53. The second-order valence-corrected chi connectivity index (χ2v) is 8.88. The van der Waals surface area contributed by atoms with Crippen molar-refractivity contribution in [3.05, 3.63) is 65.7 Å². The summed E-state index contributed by atoms with van der Waals surface area (Å²) in [5.41, 5.74) is 2.15. The van der Waals surface area contributed by atoms with Crippen molar-refractivity contribution in [1.29, 1.82) is 0 Å². The number of ether oxygens (including phenoxy) is 3. The lowest BCUT2D eigenvalue weighted by Crippen LogP contribution is -2.36. The number of unbranched alkanes of at least 4 members (excludes halogenated alkanes) is 1. The van der Waals surface area contributed by atoms with Gasteiger partial charge in [0.15, 0.2) is 6.10 Å². The van der Waals surface area contributed by atoms with Gasteiger partial charge in [0.05, 0.1) is 13.2 Å². The fourth-order valence-corrected chi connectivity index (χ4v) is 3.53. The van der Waals surface area contributed by atoms with E-state index in [1.807, 2.05) is 56.3 Å². The van der Waals surface area contributed by atoms with Crippen LogP contribution in [0.3, 0.4) is 0 Å². The number of carboxylic acid groups (broad SMARTS) is 1. The maximum Gasteiger partial charge on any atom is 0.409 e. The molecule has 0 radical (unpaired) electrons. The van der Waals surface area contributed by atoms with Crippen LogP contribution in [0, 0.1) is 5.92 Å². The Morgan fingerprint density at radius 2 is 1.66 bits per heavy atom. The molecule has 1 amide bonds. The summed E-state index contributed by atoms with van der Waals surface area (Å²) in [5.74, 6) is -0.0332. The van der Waals surface area contributed by atoms with Gasteiger partial charge in [-0.15, -0.1) is 0 Å². The molecule has 0 aliphatic rings. The lowest BCUT2D eigenvalue weighted by Gasteiger charge is -2.23. The lowest BCUT2D eigenvalue weighted by molar-refractivity contribution is -0.149. The number of carbonyl (C=O) groups excluding carboxylic acids is 1. The van der Waals surface area contributed by atoms with Crippen LogP contribution in [0.15, 0.2) is 54.6 Å². The molecule has 0 aliphatic heterocycles. The third-order valence-corrected chi connectivity index (χ3v) is 5.40. The molecule has 2 aromatic rings. The summed E-state index contributed by atoms with van der Waals surface area (Å²) in [5, 5.41) is 9.24. The molecule has 0 saturated carbocycles. The zero-order valence-corrected chi connectivity index (χ0v) is 21.2. The van der Waals surface area contributed by atoms with Crippen molar-refractivity contribution in [2.24, 2.45) is 5.92 Å². The van der Waals surface area contributed by atoms with E-state index in [9.17, 15) is 14.7 Å². The molecule has 0 saturated heterocycles. The molecule has 2 rings (SSSR count). The molecule has 0 fully saturated rings. The highest BCUT2D eigenvalue weighted by Gasteiger charge is 2.18. The van der Waals surface area contributed by atoms with E-state index in [0.717, 1.165) is 24.8 Å². The van der Waals surface area contributed by atoms with Crippen molar-refractivity contribution in [2.75, 3.05) is 32.9 Å². The number of carboxylic acids is 1. The summed E-state index contributed by atoms with van der Waals surface area (Å²) in [6.07, 6.45) is 1.96. The molecule has 35 heavy (non-hydrogen) atoms. The van der Waals surface area contributed by atoms with E-state index in [2.05, 4.69) is 12.1 Å². The van der Waals surface area contributed by atoms with E-state index in [4.69, 9.17) is 14.2 Å². The first-order chi connectivity index (χ1) is 16.9. The average molecular weight is 486 g/mol. The number of aliphatic carboxylic acids is 1. The molecule has 0 aromatic heterocycles. The van der Waals surface area contributed by atoms with Crippen LogP contribution < -0.4 is 4.74 Å². The van der Waals surface area contributed by atoms with E-state index in [0.29, 0.717) is 45.1 Å². The van der Waals surface area contributed by atoms with Crippen molar-refractivity contribution in [3.63, 3.8) is 0 Å². The Kier molecular flexibility index (Phi) is 12.7. The van der Waals surface area contributed by atoms with Crippen LogP contribution in [0.5, 0.6) is 5.75 Å². The van der Waals surface area contributed by atoms with Gasteiger partial charge in [0.2, 0.25) is 0 Å². The number of benzene rings is 2. The third-order valence-electron chi connectivity index (χ3n) is 5.40. The molecule has 0 spiro atoms. The van der Waals surface area contributed by atoms with Gasteiger partial charge in [0, 0.05) is 19.6 Å². The summed E-state index contributed by atoms with van der Waals surface area (Å²) >= 11 is 0. The summed E-state index contributed by atoms with van der Waals surface area (Å²) < 4.78 is 16.6. The molecule has 1 N–H and O–H groups in total. The number of nitrogens with zero attached hydrogens (tertiary/aromatic N) is 1. The highest BCUT2D eigenvalue weighted by atomic mass is 16.6. The molecule has 0 heterocycles. The molecule has 0 bridgehead atoms. The average Bonchev–Trinajstić information content (AvgIpc) is 2.85. The number of hydrogen-bond acceptors (Lipinski definition) is 5. The quantitative estimate of drug-likeness (QED) is 0.328. The Bertz CT molecular complexity index is 869. The number of carbonyl (C=O) groups is 2. The van der Waals surface area contributed by atoms with E-state index in [1.54, 1.807) is 11.8 Å². The number of hydrogen-bond donors (Lipinski definition) is 1. The fraction of sp³-hybridized carbons (Fsp3) is 0.500. The van der Waals surface area contributed by atoms with E-state index >= 15 is 0 Å². The Morgan fingerprint density at radius 1 is 0.943 bits per heavy atom. The first kappa shape index (κ1) is 28.2. The SMILES string of the molecule is CCOC(Cc1ccc(OCCN(CCCCc2ccccc2)C(=O)OCC(C)C)cc1)C(=O)O. The monoisotopic (exact) mass is 485 g/mol. The van der Waals surface area contributed by atoms with E-state index in [-0.39, 0.29) is 12.0 Å². The first-order valence-corrected chi connectivity index (χ1v) is 12.4. The minimum atomic E-state index is -0.972. The Labute approximate surface area is 209 Å². The summed E-state index contributed by atoms with van der Waals surface area (Å²) in [6.45, 7) is 7.91. The van der Waals surface area contributed by atoms with Crippen LogP contribution in [0.25, 0.3) is 0 Å². The predicted octanol–water partition coefficient (Wildman–Crippen LogP) is 5.22. The number of rotatable bonds is 16. The van der Waals surface area contributed by atoms with Crippen LogP contribution in [-0.4, -0.2) is 61.1 Å². The van der Waals surface area contributed by atoms with Gasteiger partial charge < -0.3 is 24.2 Å². The molecule has 0 aliphatic carbocycles. The maximum absolute atomic E-state index is 12.6. The van der Waals surface area contributed by atoms with Crippen LogP contribution in [0.4, 0.5) is 4.79 Å². The largest absolute Gasteiger partial charge is 0.492 e. The third kappa shape index (κ3) is 11.3. The summed E-state index contributed by atoms with van der Waals surface area (Å²) in [6, 6.07) is 17.6. The smallest absolute Gasteiger partial charge is 0.409 e. The lowest BCUT2D eigenvalue weighted by atomic mass is 10.1. The van der Waals surface area contributed by atoms with E-state index in [1.165, 1.54) is 5.56 Å². The first-order valence-electron chi connectivity index (χ1n) is 12.4. The minimum absolute atomic E-state index is 0.275. The van der Waals surface area contributed by atoms with Gasteiger partial charge in [-0.2, -0.15) is 0 Å². The van der Waals surface area contributed by atoms with Crippen molar-refractivity contribution in [2.45, 2.75) is 52.6 Å². The zero-order valence-electron chi connectivity index (χ0n) is 21.2. The van der Waals surface area contributed by atoms with Gasteiger partial charge in [-0.1, -0.05) is 56.3 Å². The molecular weight excluding hydrogens is 446 g/mol. The van der Waals surface area contributed by atoms with Crippen molar-refractivity contribution < 1.29 is 28.9 Å². The molecule has 1 atom stereocenters.